The number of nitrogens with two attached hydrogens (primary N) is 1. The zero-order chi connectivity index (χ0) is 13.1. The smallest absolute Gasteiger partial charge is 0.269 e. The summed E-state index contributed by atoms with van der Waals surface area (Å²) in [6, 6.07) is 6.65. The Labute approximate surface area is 106 Å². The summed E-state index contributed by atoms with van der Waals surface area (Å²) in [7, 11) is 0. The molecule has 1 saturated heterocycles. The number of non-ortho nitro benzene ring substituents is 1. The van der Waals surface area contributed by atoms with Gasteiger partial charge in [-0.1, -0.05) is 12.1 Å². The van der Waals surface area contributed by atoms with Crippen LogP contribution >= 0.6 is 0 Å². The van der Waals surface area contributed by atoms with Crippen molar-refractivity contribution >= 4 is 5.69 Å². The standard InChI is InChI=1S/C13H18N2O3/c1-9-6-11(8-18-9)13(14)7-10-2-4-12(5-3-10)15(16)17/h2-5,9,11,13H,6-8,14H2,1H3. The maximum atomic E-state index is 10.5. The van der Waals surface area contributed by atoms with Crippen LogP contribution in [0.2, 0.25) is 0 Å². The van der Waals surface area contributed by atoms with Crippen molar-refractivity contribution in [1.82, 2.24) is 0 Å². The predicted molar refractivity (Wildman–Crippen MR) is 68.3 cm³/mol. The van der Waals surface area contributed by atoms with Crippen LogP contribution in [0.25, 0.3) is 0 Å². The first kappa shape index (κ1) is 13.0. The molecule has 1 heterocycles. The summed E-state index contributed by atoms with van der Waals surface area (Å²) in [6.45, 7) is 2.77. The average Bonchev–Trinajstić information content (AvgIpc) is 2.76. The van der Waals surface area contributed by atoms with Gasteiger partial charge in [0.25, 0.3) is 5.69 Å². The van der Waals surface area contributed by atoms with Gasteiger partial charge in [-0.2, -0.15) is 0 Å². The largest absolute Gasteiger partial charge is 0.378 e. The summed E-state index contributed by atoms with van der Waals surface area (Å²) in [5, 5.41) is 10.5. The molecule has 3 unspecified atom stereocenters. The van der Waals surface area contributed by atoms with Crippen LogP contribution < -0.4 is 5.73 Å². The summed E-state index contributed by atoms with van der Waals surface area (Å²) < 4.78 is 5.51. The molecule has 2 rings (SSSR count). The SMILES string of the molecule is CC1CC(C(N)Cc2ccc([N+](=O)[O-])cc2)CO1. The van der Waals surface area contributed by atoms with Crippen LogP contribution in [0.15, 0.2) is 24.3 Å². The molecule has 0 bridgehead atoms. The van der Waals surface area contributed by atoms with Gasteiger partial charge in [0.05, 0.1) is 17.6 Å². The third-order valence-electron chi connectivity index (χ3n) is 3.45. The zero-order valence-electron chi connectivity index (χ0n) is 10.4. The molecule has 3 atom stereocenters. The van der Waals surface area contributed by atoms with Crippen molar-refractivity contribution in [2.45, 2.75) is 31.9 Å². The second-order valence-electron chi connectivity index (χ2n) is 4.93. The van der Waals surface area contributed by atoms with Gasteiger partial charge in [0, 0.05) is 24.1 Å². The first-order valence-electron chi connectivity index (χ1n) is 6.17. The van der Waals surface area contributed by atoms with Crippen molar-refractivity contribution < 1.29 is 9.66 Å². The summed E-state index contributed by atoms with van der Waals surface area (Å²) in [6.07, 6.45) is 2.02. The summed E-state index contributed by atoms with van der Waals surface area (Å²) in [5.74, 6) is 0.384. The maximum Gasteiger partial charge on any atom is 0.269 e. The summed E-state index contributed by atoms with van der Waals surface area (Å²) >= 11 is 0. The fourth-order valence-corrected chi connectivity index (χ4v) is 2.34. The highest BCUT2D eigenvalue weighted by atomic mass is 16.6. The van der Waals surface area contributed by atoms with Crippen molar-refractivity contribution in [1.29, 1.82) is 0 Å². The number of benzene rings is 1. The van der Waals surface area contributed by atoms with Gasteiger partial charge in [-0.25, -0.2) is 0 Å². The Kier molecular flexibility index (Phi) is 3.93. The van der Waals surface area contributed by atoms with Gasteiger partial charge >= 0.3 is 0 Å². The Bertz CT molecular complexity index is 419. The first-order valence-corrected chi connectivity index (χ1v) is 6.17. The lowest BCUT2D eigenvalue weighted by molar-refractivity contribution is -0.384. The van der Waals surface area contributed by atoms with Crippen molar-refractivity contribution in [3.8, 4) is 0 Å². The van der Waals surface area contributed by atoms with E-state index in [0.29, 0.717) is 5.92 Å². The molecule has 1 aliphatic heterocycles. The molecule has 5 nitrogen and oxygen atoms in total. The van der Waals surface area contributed by atoms with E-state index < -0.39 is 4.92 Å². The van der Waals surface area contributed by atoms with Crippen LogP contribution in [0.4, 0.5) is 5.69 Å². The minimum Gasteiger partial charge on any atom is -0.378 e. The number of hydrogen-bond acceptors (Lipinski definition) is 4. The third-order valence-corrected chi connectivity index (χ3v) is 3.45. The predicted octanol–water partition coefficient (Wildman–Crippen LogP) is 1.89. The fraction of sp³-hybridized carbons (Fsp3) is 0.538. The third kappa shape index (κ3) is 3.05. The summed E-state index contributed by atoms with van der Waals surface area (Å²) in [5.41, 5.74) is 7.31. The van der Waals surface area contributed by atoms with Gasteiger partial charge in [0.15, 0.2) is 0 Å². The summed E-state index contributed by atoms with van der Waals surface area (Å²) in [4.78, 5) is 10.2. The fourth-order valence-electron chi connectivity index (χ4n) is 2.34. The molecule has 0 spiro atoms. The second-order valence-corrected chi connectivity index (χ2v) is 4.93. The van der Waals surface area contributed by atoms with Crippen molar-refractivity contribution in [2.75, 3.05) is 6.61 Å². The van der Waals surface area contributed by atoms with E-state index >= 15 is 0 Å². The Balaban J connectivity index is 1.94. The molecule has 0 aromatic heterocycles. The topological polar surface area (TPSA) is 78.4 Å². The van der Waals surface area contributed by atoms with Crippen LogP contribution in [0.5, 0.6) is 0 Å². The van der Waals surface area contributed by atoms with Gasteiger partial charge in [-0.3, -0.25) is 10.1 Å². The van der Waals surface area contributed by atoms with E-state index in [1.165, 1.54) is 12.1 Å². The van der Waals surface area contributed by atoms with Gasteiger partial charge in [0.2, 0.25) is 0 Å². The zero-order valence-corrected chi connectivity index (χ0v) is 10.4. The molecular weight excluding hydrogens is 232 g/mol. The maximum absolute atomic E-state index is 10.5. The molecule has 0 radical (unpaired) electrons. The monoisotopic (exact) mass is 250 g/mol. The Hall–Kier alpha value is -1.46. The minimum atomic E-state index is -0.393. The molecule has 98 valence electrons. The molecule has 2 N–H and O–H groups in total. The molecule has 1 aromatic rings. The van der Waals surface area contributed by atoms with Gasteiger partial charge in [-0.05, 0) is 25.3 Å². The molecular formula is C13H18N2O3. The van der Waals surface area contributed by atoms with E-state index in [1.807, 2.05) is 0 Å². The van der Waals surface area contributed by atoms with E-state index in [2.05, 4.69) is 6.92 Å². The van der Waals surface area contributed by atoms with Crippen LogP contribution in [0.3, 0.4) is 0 Å². The number of ether oxygens (including phenoxy) is 1. The first-order chi connectivity index (χ1) is 8.56. The molecule has 0 saturated carbocycles. The Morgan fingerprint density at radius 2 is 2.17 bits per heavy atom. The number of nitro benzene ring substituents is 1. The van der Waals surface area contributed by atoms with Crippen molar-refractivity contribution in [3.05, 3.63) is 39.9 Å². The quantitative estimate of drug-likeness (QED) is 0.653. The highest BCUT2D eigenvalue weighted by molar-refractivity contribution is 5.33. The van der Waals surface area contributed by atoms with E-state index in [1.54, 1.807) is 12.1 Å². The Morgan fingerprint density at radius 1 is 1.50 bits per heavy atom. The van der Waals surface area contributed by atoms with Crippen LogP contribution in [0.1, 0.15) is 18.9 Å². The van der Waals surface area contributed by atoms with Crippen molar-refractivity contribution in [3.63, 3.8) is 0 Å². The Morgan fingerprint density at radius 3 is 2.67 bits per heavy atom. The molecule has 1 aromatic carbocycles. The molecule has 5 heteroatoms. The number of rotatable bonds is 4. The number of hydrogen-bond donors (Lipinski definition) is 1. The highest BCUT2D eigenvalue weighted by Crippen LogP contribution is 2.23. The lowest BCUT2D eigenvalue weighted by Crippen LogP contribution is -2.32. The van der Waals surface area contributed by atoms with Gasteiger partial charge < -0.3 is 10.5 Å². The van der Waals surface area contributed by atoms with Crippen LogP contribution in [-0.4, -0.2) is 23.7 Å². The van der Waals surface area contributed by atoms with E-state index in [-0.39, 0.29) is 17.8 Å². The average molecular weight is 250 g/mol. The normalized spacial score (nSPS) is 25.0. The lowest BCUT2D eigenvalue weighted by Gasteiger charge is -2.17. The lowest BCUT2D eigenvalue weighted by atomic mass is 9.92. The van der Waals surface area contributed by atoms with Crippen molar-refractivity contribution in [2.24, 2.45) is 11.7 Å². The van der Waals surface area contributed by atoms with E-state index in [4.69, 9.17) is 10.5 Å². The van der Waals surface area contributed by atoms with E-state index in [0.717, 1.165) is 25.0 Å². The van der Waals surface area contributed by atoms with Crippen LogP contribution in [0, 0.1) is 16.0 Å². The highest BCUT2D eigenvalue weighted by Gasteiger charge is 2.27. The van der Waals surface area contributed by atoms with Gasteiger partial charge in [-0.15, -0.1) is 0 Å². The molecule has 0 amide bonds. The number of nitro groups is 1. The molecule has 1 fully saturated rings. The molecule has 18 heavy (non-hydrogen) atoms. The molecule has 1 aliphatic rings. The van der Waals surface area contributed by atoms with Gasteiger partial charge in [0.1, 0.15) is 0 Å². The number of nitrogens with zero attached hydrogens (tertiary/aromatic N) is 1. The second kappa shape index (κ2) is 5.46. The molecule has 0 aliphatic carbocycles. The van der Waals surface area contributed by atoms with E-state index in [9.17, 15) is 10.1 Å². The minimum absolute atomic E-state index is 0.0522. The van der Waals surface area contributed by atoms with Crippen LogP contribution in [-0.2, 0) is 11.2 Å².